The molecule has 9 heavy (non-hydrogen) atoms. The summed E-state index contributed by atoms with van der Waals surface area (Å²) in [4.78, 5) is 0. The van der Waals surface area contributed by atoms with Crippen LogP contribution in [0.25, 0.3) is 0 Å². The maximum absolute atomic E-state index is 8.78. The summed E-state index contributed by atoms with van der Waals surface area (Å²) in [5.41, 5.74) is 0.741. The number of hydrogen-bond donors (Lipinski definition) is 1. The van der Waals surface area contributed by atoms with E-state index in [0.717, 1.165) is 12.0 Å². The van der Waals surface area contributed by atoms with E-state index in [1.165, 1.54) is 0 Å². The predicted molar refractivity (Wildman–Crippen MR) is 40.4 cm³/mol. The normalized spacial score (nSPS) is 9.67. The molecule has 0 atom stereocenters. The van der Waals surface area contributed by atoms with Crippen molar-refractivity contribution >= 4 is 0 Å². The van der Waals surface area contributed by atoms with Gasteiger partial charge in [0.05, 0.1) is 0 Å². The van der Waals surface area contributed by atoms with Crippen LogP contribution in [-0.4, -0.2) is 5.11 Å². The van der Waals surface area contributed by atoms with Crippen molar-refractivity contribution in [1.29, 1.82) is 0 Å². The Hall–Kier alpha value is -0.720. The minimum Gasteiger partial charge on any atom is -0.508 e. The summed E-state index contributed by atoms with van der Waals surface area (Å²) >= 11 is 0. The Morgan fingerprint density at radius 1 is 1.44 bits per heavy atom. The molecule has 1 N–H and O–H groups in total. The van der Waals surface area contributed by atoms with Crippen LogP contribution < -0.4 is 0 Å². The third-order valence-corrected chi connectivity index (χ3v) is 1.06. The SMILES string of the molecule is C=C(O)C(=C)CC(C)C. The molecule has 0 fully saturated rings. The fourth-order valence-corrected chi connectivity index (χ4v) is 0.611. The van der Waals surface area contributed by atoms with Crippen molar-refractivity contribution in [2.24, 2.45) is 5.92 Å². The number of aliphatic hydroxyl groups is 1. The standard InChI is InChI=1S/C8H14O/c1-6(2)5-7(3)8(4)9/h6,9H,3-5H2,1-2H3. The Bertz CT molecular complexity index is 123. The highest BCUT2D eigenvalue weighted by Crippen LogP contribution is 2.12. The van der Waals surface area contributed by atoms with Crippen LogP contribution in [-0.2, 0) is 0 Å². The first-order chi connectivity index (χ1) is 4.04. The molecular weight excluding hydrogens is 112 g/mol. The molecule has 0 aliphatic rings. The first-order valence-electron chi connectivity index (χ1n) is 3.10. The second-order valence-corrected chi connectivity index (χ2v) is 2.65. The highest BCUT2D eigenvalue weighted by molar-refractivity contribution is 5.17. The lowest BCUT2D eigenvalue weighted by Gasteiger charge is -2.05. The van der Waals surface area contributed by atoms with E-state index in [2.05, 4.69) is 27.0 Å². The molecule has 0 aliphatic carbocycles. The fourth-order valence-electron chi connectivity index (χ4n) is 0.611. The molecule has 1 nitrogen and oxygen atoms in total. The van der Waals surface area contributed by atoms with Crippen molar-refractivity contribution in [3.63, 3.8) is 0 Å². The van der Waals surface area contributed by atoms with Crippen molar-refractivity contribution < 1.29 is 5.11 Å². The number of allylic oxidation sites excluding steroid dienone is 1. The van der Waals surface area contributed by atoms with Gasteiger partial charge in [0.25, 0.3) is 0 Å². The van der Waals surface area contributed by atoms with E-state index >= 15 is 0 Å². The second kappa shape index (κ2) is 3.33. The summed E-state index contributed by atoms with van der Waals surface area (Å²) in [7, 11) is 0. The summed E-state index contributed by atoms with van der Waals surface area (Å²) in [5.74, 6) is 0.658. The molecule has 1 heteroatoms. The van der Waals surface area contributed by atoms with Gasteiger partial charge in [-0.15, -0.1) is 0 Å². The summed E-state index contributed by atoms with van der Waals surface area (Å²) in [6.07, 6.45) is 0.829. The smallest absolute Gasteiger partial charge is 0.111 e. The van der Waals surface area contributed by atoms with Crippen molar-refractivity contribution in [3.8, 4) is 0 Å². The van der Waals surface area contributed by atoms with Crippen LogP contribution in [0.1, 0.15) is 20.3 Å². The molecule has 0 unspecified atom stereocenters. The maximum atomic E-state index is 8.78. The molecular formula is C8H14O. The third-order valence-electron chi connectivity index (χ3n) is 1.06. The summed E-state index contributed by atoms with van der Waals surface area (Å²) in [5, 5.41) is 8.78. The van der Waals surface area contributed by atoms with Crippen LogP contribution in [0.4, 0.5) is 0 Å². The van der Waals surface area contributed by atoms with Gasteiger partial charge in [-0.2, -0.15) is 0 Å². The zero-order valence-corrected chi connectivity index (χ0v) is 6.15. The van der Waals surface area contributed by atoms with Gasteiger partial charge in [0.15, 0.2) is 0 Å². The van der Waals surface area contributed by atoms with Crippen LogP contribution in [0.3, 0.4) is 0 Å². The lowest BCUT2D eigenvalue weighted by molar-refractivity contribution is 0.416. The average molecular weight is 126 g/mol. The zero-order valence-electron chi connectivity index (χ0n) is 6.15. The molecule has 0 saturated carbocycles. The zero-order chi connectivity index (χ0) is 7.44. The lowest BCUT2D eigenvalue weighted by Crippen LogP contribution is -1.91. The summed E-state index contributed by atoms with van der Waals surface area (Å²) in [6, 6.07) is 0. The molecule has 0 aliphatic heterocycles. The molecule has 0 radical (unpaired) electrons. The van der Waals surface area contributed by atoms with Crippen molar-refractivity contribution in [3.05, 3.63) is 24.5 Å². The maximum Gasteiger partial charge on any atom is 0.111 e. The van der Waals surface area contributed by atoms with Gasteiger partial charge in [-0.05, 0) is 17.9 Å². The van der Waals surface area contributed by atoms with E-state index in [4.69, 9.17) is 5.11 Å². The van der Waals surface area contributed by atoms with E-state index < -0.39 is 0 Å². The molecule has 0 aromatic heterocycles. The molecule has 52 valence electrons. The molecule has 0 spiro atoms. The monoisotopic (exact) mass is 126 g/mol. The largest absolute Gasteiger partial charge is 0.508 e. The first kappa shape index (κ1) is 8.28. The number of rotatable bonds is 3. The molecule has 0 bridgehead atoms. The quantitative estimate of drug-likeness (QED) is 0.455. The predicted octanol–water partition coefficient (Wildman–Crippen LogP) is 2.66. The van der Waals surface area contributed by atoms with Gasteiger partial charge < -0.3 is 5.11 Å². The highest BCUT2D eigenvalue weighted by Gasteiger charge is 1.99. The van der Waals surface area contributed by atoms with Gasteiger partial charge in [-0.1, -0.05) is 27.0 Å². The van der Waals surface area contributed by atoms with Crippen molar-refractivity contribution in [2.45, 2.75) is 20.3 Å². The molecule has 0 heterocycles. The van der Waals surface area contributed by atoms with Crippen LogP contribution in [0.5, 0.6) is 0 Å². The summed E-state index contributed by atoms with van der Waals surface area (Å²) in [6.45, 7) is 11.2. The van der Waals surface area contributed by atoms with Gasteiger partial charge >= 0.3 is 0 Å². The van der Waals surface area contributed by atoms with Crippen molar-refractivity contribution in [1.82, 2.24) is 0 Å². The van der Waals surface area contributed by atoms with E-state index in [1.54, 1.807) is 0 Å². The highest BCUT2D eigenvalue weighted by atomic mass is 16.3. The first-order valence-corrected chi connectivity index (χ1v) is 3.10. The van der Waals surface area contributed by atoms with E-state index in [9.17, 15) is 0 Å². The summed E-state index contributed by atoms with van der Waals surface area (Å²) < 4.78 is 0. The lowest BCUT2D eigenvalue weighted by atomic mass is 10.0. The number of hydrogen-bond acceptors (Lipinski definition) is 1. The molecule has 0 saturated heterocycles. The fraction of sp³-hybridized carbons (Fsp3) is 0.500. The molecule has 0 rings (SSSR count). The van der Waals surface area contributed by atoms with Gasteiger partial charge in [0, 0.05) is 0 Å². The van der Waals surface area contributed by atoms with Gasteiger partial charge in [0.2, 0.25) is 0 Å². The van der Waals surface area contributed by atoms with Crippen LogP contribution in [0.15, 0.2) is 24.5 Å². The van der Waals surface area contributed by atoms with Crippen LogP contribution in [0, 0.1) is 5.92 Å². The van der Waals surface area contributed by atoms with E-state index in [1.807, 2.05) is 0 Å². The Morgan fingerprint density at radius 3 is 2.00 bits per heavy atom. The minimum absolute atomic E-state index is 0.115. The van der Waals surface area contributed by atoms with Crippen LogP contribution in [0.2, 0.25) is 0 Å². The molecule has 0 aromatic rings. The molecule has 0 amide bonds. The van der Waals surface area contributed by atoms with Gasteiger partial charge in [0.1, 0.15) is 5.76 Å². The van der Waals surface area contributed by atoms with Gasteiger partial charge in [-0.25, -0.2) is 0 Å². The molecule has 0 aromatic carbocycles. The Morgan fingerprint density at radius 2 is 1.89 bits per heavy atom. The Kier molecular flexibility index (Phi) is 3.07. The topological polar surface area (TPSA) is 20.2 Å². The average Bonchev–Trinajstić information content (AvgIpc) is 1.63. The van der Waals surface area contributed by atoms with Gasteiger partial charge in [-0.3, -0.25) is 0 Å². The Labute approximate surface area is 56.7 Å². The van der Waals surface area contributed by atoms with E-state index in [-0.39, 0.29) is 5.76 Å². The Balaban J connectivity index is 3.65. The van der Waals surface area contributed by atoms with Crippen LogP contribution >= 0.6 is 0 Å². The van der Waals surface area contributed by atoms with Crippen molar-refractivity contribution in [2.75, 3.05) is 0 Å². The third kappa shape index (κ3) is 3.83. The number of aliphatic hydroxyl groups excluding tert-OH is 1. The minimum atomic E-state index is 0.115. The van der Waals surface area contributed by atoms with E-state index in [0.29, 0.717) is 5.92 Å². The second-order valence-electron chi connectivity index (χ2n) is 2.65.